The first-order valence-electron chi connectivity index (χ1n) is 16.8. The number of nitrogens with zero attached hydrogens (tertiary/aromatic N) is 4. The van der Waals surface area contributed by atoms with Crippen LogP contribution in [0.1, 0.15) is 71.3 Å². The number of carbonyl (C=O) groups excluding carboxylic acids is 1. The Kier molecular flexibility index (Phi) is 9.91. The molecule has 1 saturated heterocycles. The van der Waals surface area contributed by atoms with E-state index in [1.807, 2.05) is 33.8 Å². The summed E-state index contributed by atoms with van der Waals surface area (Å²) in [6, 6.07) is 11.6. The predicted molar refractivity (Wildman–Crippen MR) is 188 cm³/mol. The number of nitrogens with one attached hydrogen (secondary N) is 2. The number of piperidine rings is 1. The Morgan fingerprint density at radius 3 is 2.51 bits per heavy atom. The molecule has 1 atom stereocenters. The molecule has 260 valence electrons. The van der Waals surface area contributed by atoms with Gasteiger partial charge in [0.15, 0.2) is 0 Å². The summed E-state index contributed by atoms with van der Waals surface area (Å²) in [6.45, 7) is 8.50. The molecule has 0 bridgehead atoms. The van der Waals surface area contributed by atoms with Crippen molar-refractivity contribution in [3.8, 4) is 22.9 Å². The molecule has 0 spiro atoms. The van der Waals surface area contributed by atoms with E-state index in [-0.39, 0.29) is 23.7 Å². The van der Waals surface area contributed by atoms with Crippen LogP contribution in [-0.4, -0.2) is 64.3 Å². The Morgan fingerprint density at radius 2 is 1.73 bits per heavy atom. The first kappa shape index (κ1) is 34.3. The van der Waals surface area contributed by atoms with Crippen molar-refractivity contribution in [3.63, 3.8) is 0 Å². The first-order valence-corrected chi connectivity index (χ1v) is 18.4. The van der Waals surface area contributed by atoms with Gasteiger partial charge in [-0.1, -0.05) is 31.4 Å². The summed E-state index contributed by atoms with van der Waals surface area (Å²) in [6.07, 6.45) is 8.37. The van der Waals surface area contributed by atoms with E-state index in [1.165, 1.54) is 6.07 Å². The number of carbonyl (C=O) groups is 1. The highest BCUT2D eigenvalue weighted by Gasteiger charge is 2.30. The van der Waals surface area contributed by atoms with Crippen molar-refractivity contribution in [1.29, 1.82) is 0 Å². The molecule has 2 aliphatic rings. The molecule has 1 amide bonds. The number of rotatable bonds is 8. The average molecular weight is 691 g/mol. The van der Waals surface area contributed by atoms with Crippen LogP contribution >= 0.6 is 0 Å². The van der Waals surface area contributed by atoms with E-state index < -0.39 is 26.7 Å². The molecule has 6 rings (SSSR count). The Bertz CT molecular complexity index is 1940. The number of hydrogen-bond acceptors (Lipinski definition) is 9. The quantitative estimate of drug-likeness (QED) is 0.190. The molecule has 13 heteroatoms. The zero-order chi connectivity index (χ0) is 34.8. The van der Waals surface area contributed by atoms with Gasteiger partial charge in [-0.05, 0) is 89.3 Å². The highest BCUT2D eigenvalue weighted by Crippen LogP contribution is 2.40. The fourth-order valence-corrected chi connectivity index (χ4v) is 8.03. The lowest BCUT2D eigenvalue weighted by Gasteiger charge is -2.34. The molecule has 2 fully saturated rings. The molecule has 2 aromatic heterocycles. The molecule has 1 aliphatic carbocycles. The van der Waals surface area contributed by atoms with Gasteiger partial charge in [0.05, 0.1) is 22.2 Å². The lowest BCUT2D eigenvalue weighted by molar-refractivity contribution is 0.0206. The third-order valence-electron chi connectivity index (χ3n) is 8.84. The van der Waals surface area contributed by atoms with E-state index in [2.05, 4.69) is 20.0 Å². The number of benzene rings is 2. The molecule has 3 heterocycles. The summed E-state index contributed by atoms with van der Waals surface area (Å²) in [5, 5.41) is 3.74. The second kappa shape index (κ2) is 14.1. The van der Waals surface area contributed by atoms with Crippen molar-refractivity contribution in [2.75, 3.05) is 23.1 Å². The Balaban J connectivity index is 1.26. The monoisotopic (exact) mass is 690 g/mol. The molecule has 1 aliphatic heterocycles. The highest BCUT2D eigenvalue weighted by atomic mass is 32.2. The summed E-state index contributed by atoms with van der Waals surface area (Å²) in [5.41, 5.74) is 1.25. The van der Waals surface area contributed by atoms with E-state index in [9.17, 15) is 13.2 Å². The topological polar surface area (TPSA) is 136 Å². The van der Waals surface area contributed by atoms with Crippen LogP contribution in [0.2, 0.25) is 0 Å². The van der Waals surface area contributed by atoms with Gasteiger partial charge in [0.2, 0.25) is 21.9 Å². The van der Waals surface area contributed by atoms with Crippen LogP contribution in [0.3, 0.4) is 0 Å². The van der Waals surface area contributed by atoms with Gasteiger partial charge in [-0.25, -0.2) is 32.6 Å². The number of aryl methyl sites for hydroxylation is 1. The van der Waals surface area contributed by atoms with Crippen molar-refractivity contribution in [1.82, 2.24) is 19.9 Å². The van der Waals surface area contributed by atoms with Gasteiger partial charge >= 0.3 is 6.09 Å². The molecular weight excluding hydrogens is 647 g/mol. The number of halogens is 1. The molecule has 4 aromatic rings. The summed E-state index contributed by atoms with van der Waals surface area (Å²) >= 11 is 0. The number of hydrogen-bond donors (Lipinski definition) is 2. The number of pyridine rings is 1. The lowest BCUT2D eigenvalue weighted by Crippen LogP contribution is -2.47. The zero-order valence-corrected chi connectivity index (χ0v) is 29.1. The van der Waals surface area contributed by atoms with Crippen LogP contribution in [0.15, 0.2) is 54.9 Å². The molecule has 2 N–H and O–H groups in total. The highest BCUT2D eigenvalue weighted by molar-refractivity contribution is 7.93. The standard InChI is InChI=1S/C36H43FN6O5S/c1-23-14-15-26-27(16-17-29(37)31(26)42-49(45,46)25-11-6-5-7-12-25)32(23)47-33-28(13-8-19-38-33)30-18-20-39-34(41-30)40-24-10-9-21-43(22-24)35(44)48-36(2,3)4/h8,13-20,24-25,42H,5-7,9-12,21-22H2,1-4H3,(H,39,40,41)/t24-/m0/s1. The van der Waals surface area contributed by atoms with Gasteiger partial charge in [0.1, 0.15) is 17.2 Å². The molecule has 11 nitrogen and oxygen atoms in total. The van der Waals surface area contributed by atoms with Crippen LogP contribution in [0.5, 0.6) is 11.6 Å². The van der Waals surface area contributed by atoms with E-state index in [1.54, 1.807) is 47.6 Å². The van der Waals surface area contributed by atoms with E-state index >= 15 is 4.39 Å². The Hall–Kier alpha value is -4.52. The lowest BCUT2D eigenvalue weighted by atomic mass is 10.0. The average Bonchev–Trinajstić information content (AvgIpc) is 3.07. The number of amides is 1. The van der Waals surface area contributed by atoms with Gasteiger partial charge in [-0.2, -0.15) is 0 Å². The maximum absolute atomic E-state index is 15.3. The molecule has 0 radical (unpaired) electrons. The van der Waals surface area contributed by atoms with Crippen LogP contribution < -0.4 is 14.8 Å². The number of sulfonamides is 1. The van der Waals surface area contributed by atoms with Gasteiger partial charge in [0, 0.05) is 42.3 Å². The van der Waals surface area contributed by atoms with E-state index in [4.69, 9.17) is 14.5 Å². The Labute approximate surface area is 286 Å². The molecule has 49 heavy (non-hydrogen) atoms. The number of likely N-dealkylation sites (tertiary alicyclic amines) is 1. The molecule has 2 aromatic carbocycles. The van der Waals surface area contributed by atoms with Gasteiger partial charge in [0.25, 0.3) is 0 Å². The smallest absolute Gasteiger partial charge is 0.410 e. The van der Waals surface area contributed by atoms with Crippen LogP contribution in [0.4, 0.5) is 20.8 Å². The van der Waals surface area contributed by atoms with Crippen molar-refractivity contribution >= 4 is 38.5 Å². The predicted octanol–water partition coefficient (Wildman–Crippen LogP) is 7.82. The second-order valence-electron chi connectivity index (χ2n) is 13.8. The molecular formula is C36H43FN6O5S. The molecule has 1 saturated carbocycles. The fraction of sp³-hybridized carbons (Fsp3) is 0.444. The summed E-state index contributed by atoms with van der Waals surface area (Å²) < 4.78 is 56.5. The fourth-order valence-electron chi connectivity index (χ4n) is 6.41. The third kappa shape index (κ3) is 8.04. The summed E-state index contributed by atoms with van der Waals surface area (Å²) in [5.74, 6) is 0.432. The SMILES string of the molecule is Cc1ccc2c(NS(=O)(=O)C3CCCCC3)c(F)ccc2c1Oc1ncccc1-c1ccnc(N[C@H]2CCCN(C(=O)OC(C)(C)C)C2)n1. The minimum Gasteiger partial charge on any atom is -0.444 e. The maximum atomic E-state index is 15.3. The largest absolute Gasteiger partial charge is 0.444 e. The minimum absolute atomic E-state index is 0.0652. The maximum Gasteiger partial charge on any atom is 0.410 e. The number of ether oxygens (including phenoxy) is 2. The molecule has 0 unspecified atom stereocenters. The minimum atomic E-state index is -3.79. The number of aromatic nitrogens is 3. The van der Waals surface area contributed by atoms with Gasteiger partial charge < -0.3 is 19.7 Å². The second-order valence-corrected chi connectivity index (χ2v) is 15.7. The van der Waals surface area contributed by atoms with Crippen LogP contribution in [0.25, 0.3) is 22.0 Å². The van der Waals surface area contributed by atoms with Crippen molar-refractivity contribution < 1.29 is 27.1 Å². The van der Waals surface area contributed by atoms with E-state index in [0.29, 0.717) is 59.7 Å². The van der Waals surface area contributed by atoms with Crippen molar-refractivity contribution in [3.05, 3.63) is 66.2 Å². The van der Waals surface area contributed by atoms with Crippen molar-refractivity contribution in [2.45, 2.75) is 89.5 Å². The van der Waals surface area contributed by atoms with Gasteiger partial charge in [-0.3, -0.25) is 4.72 Å². The van der Waals surface area contributed by atoms with Gasteiger partial charge in [-0.15, -0.1) is 0 Å². The normalized spacial score (nSPS) is 17.5. The number of fused-ring (bicyclic) bond motifs is 1. The van der Waals surface area contributed by atoms with Crippen molar-refractivity contribution in [2.24, 2.45) is 0 Å². The Morgan fingerprint density at radius 1 is 0.959 bits per heavy atom. The van der Waals surface area contributed by atoms with Crippen LogP contribution in [0, 0.1) is 12.7 Å². The zero-order valence-electron chi connectivity index (χ0n) is 28.3. The summed E-state index contributed by atoms with van der Waals surface area (Å²) in [7, 11) is -3.79. The van der Waals surface area contributed by atoms with Crippen LogP contribution in [-0.2, 0) is 14.8 Å². The first-order chi connectivity index (χ1) is 23.4. The number of anilines is 2. The third-order valence-corrected chi connectivity index (χ3v) is 10.7. The van der Waals surface area contributed by atoms with E-state index in [0.717, 1.165) is 37.7 Å². The summed E-state index contributed by atoms with van der Waals surface area (Å²) in [4.78, 5) is 28.1.